The number of hydrogen-bond acceptors (Lipinski definition) is 3. The van der Waals surface area contributed by atoms with Crippen LogP contribution >= 0.6 is 24.0 Å². The Labute approximate surface area is 184 Å². The van der Waals surface area contributed by atoms with Gasteiger partial charge in [-0.1, -0.05) is 30.3 Å². The monoisotopic (exact) mass is 492 g/mol. The SMILES string of the molecule is CN=C(NCC1CCN(c2ccccc2OC)C1)N1CCc2ccccc21.I. The van der Waals surface area contributed by atoms with Crippen LogP contribution in [0.15, 0.2) is 53.5 Å². The first-order valence-corrected chi connectivity index (χ1v) is 9.74. The second-order valence-corrected chi connectivity index (χ2v) is 7.23. The van der Waals surface area contributed by atoms with Gasteiger partial charge in [-0.2, -0.15) is 0 Å². The molecule has 150 valence electrons. The molecule has 0 aliphatic carbocycles. The van der Waals surface area contributed by atoms with Crippen molar-refractivity contribution in [2.75, 3.05) is 50.1 Å². The second-order valence-electron chi connectivity index (χ2n) is 7.23. The van der Waals surface area contributed by atoms with Crippen LogP contribution in [-0.2, 0) is 6.42 Å². The van der Waals surface area contributed by atoms with Crippen molar-refractivity contribution in [3.63, 3.8) is 0 Å². The molecule has 1 saturated heterocycles. The first-order valence-electron chi connectivity index (χ1n) is 9.74. The van der Waals surface area contributed by atoms with Gasteiger partial charge in [0.1, 0.15) is 5.75 Å². The molecule has 1 N–H and O–H groups in total. The van der Waals surface area contributed by atoms with Crippen molar-refractivity contribution in [1.29, 1.82) is 0 Å². The van der Waals surface area contributed by atoms with Crippen molar-refractivity contribution in [1.82, 2.24) is 5.32 Å². The van der Waals surface area contributed by atoms with Crippen LogP contribution in [0.2, 0.25) is 0 Å². The third-order valence-electron chi connectivity index (χ3n) is 5.62. The highest BCUT2D eigenvalue weighted by atomic mass is 127. The van der Waals surface area contributed by atoms with Gasteiger partial charge < -0.3 is 19.9 Å². The number of para-hydroxylation sites is 3. The Bertz CT molecular complexity index is 826. The molecular weight excluding hydrogens is 463 g/mol. The van der Waals surface area contributed by atoms with Crippen molar-refractivity contribution in [2.45, 2.75) is 12.8 Å². The third kappa shape index (κ3) is 4.21. The average molecular weight is 492 g/mol. The van der Waals surface area contributed by atoms with Gasteiger partial charge in [0.15, 0.2) is 5.96 Å². The number of methoxy groups -OCH3 is 1. The van der Waals surface area contributed by atoms with Crippen molar-refractivity contribution in [2.24, 2.45) is 10.9 Å². The summed E-state index contributed by atoms with van der Waals surface area (Å²) in [6, 6.07) is 16.9. The van der Waals surface area contributed by atoms with E-state index in [0.29, 0.717) is 5.92 Å². The summed E-state index contributed by atoms with van der Waals surface area (Å²) in [6.45, 7) is 4.05. The maximum atomic E-state index is 5.53. The van der Waals surface area contributed by atoms with E-state index in [1.54, 1.807) is 7.11 Å². The van der Waals surface area contributed by atoms with Gasteiger partial charge in [0.05, 0.1) is 12.8 Å². The van der Waals surface area contributed by atoms with Gasteiger partial charge in [-0.05, 0) is 42.5 Å². The number of nitrogens with zero attached hydrogens (tertiary/aromatic N) is 3. The Morgan fingerprint density at radius 3 is 2.64 bits per heavy atom. The molecule has 4 rings (SSSR count). The molecule has 1 atom stereocenters. The number of aliphatic imine (C=N–C) groups is 1. The lowest BCUT2D eigenvalue weighted by molar-refractivity contribution is 0.414. The van der Waals surface area contributed by atoms with Gasteiger partial charge in [-0.15, -0.1) is 24.0 Å². The number of guanidine groups is 1. The van der Waals surface area contributed by atoms with Gasteiger partial charge >= 0.3 is 0 Å². The molecule has 2 heterocycles. The summed E-state index contributed by atoms with van der Waals surface area (Å²) in [4.78, 5) is 9.27. The van der Waals surface area contributed by atoms with Crippen LogP contribution in [0.4, 0.5) is 11.4 Å². The minimum Gasteiger partial charge on any atom is -0.495 e. The lowest BCUT2D eigenvalue weighted by atomic mass is 10.1. The molecular formula is C22H29IN4O. The Balaban J connectivity index is 0.00000225. The van der Waals surface area contributed by atoms with E-state index in [1.165, 1.54) is 23.4 Å². The maximum absolute atomic E-state index is 5.53. The number of fused-ring (bicyclic) bond motifs is 1. The van der Waals surface area contributed by atoms with E-state index in [2.05, 4.69) is 56.5 Å². The normalized spacial score (nSPS) is 18.6. The fraction of sp³-hybridized carbons (Fsp3) is 0.409. The maximum Gasteiger partial charge on any atom is 0.198 e. The summed E-state index contributed by atoms with van der Waals surface area (Å²) in [6.07, 6.45) is 2.26. The molecule has 0 amide bonds. The zero-order valence-electron chi connectivity index (χ0n) is 16.6. The molecule has 0 aromatic heterocycles. The van der Waals surface area contributed by atoms with E-state index >= 15 is 0 Å². The van der Waals surface area contributed by atoms with E-state index in [-0.39, 0.29) is 24.0 Å². The Morgan fingerprint density at radius 2 is 1.86 bits per heavy atom. The van der Waals surface area contributed by atoms with E-state index in [1.807, 2.05) is 19.2 Å². The van der Waals surface area contributed by atoms with Gasteiger partial charge in [-0.25, -0.2) is 0 Å². The molecule has 0 radical (unpaired) electrons. The van der Waals surface area contributed by atoms with E-state index in [0.717, 1.165) is 44.3 Å². The number of ether oxygens (including phenoxy) is 1. The zero-order valence-corrected chi connectivity index (χ0v) is 18.9. The summed E-state index contributed by atoms with van der Waals surface area (Å²) < 4.78 is 5.53. The quantitative estimate of drug-likeness (QED) is 0.401. The Kier molecular flexibility index (Phi) is 7.04. The van der Waals surface area contributed by atoms with E-state index in [9.17, 15) is 0 Å². The first kappa shape index (κ1) is 20.8. The standard InChI is InChI=1S/C22H28N4O.HI/c1-23-22(26-14-12-18-7-3-4-8-19(18)26)24-15-17-11-13-25(16-17)20-9-5-6-10-21(20)27-2;/h3-10,17H,11-16H2,1-2H3,(H,23,24);1H. The Morgan fingerprint density at radius 1 is 1.11 bits per heavy atom. The van der Waals surface area contributed by atoms with Gasteiger partial charge in [0.25, 0.3) is 0 Å². The average Bonchev–Trinajstić information content (AvgIpc) is 3.36. The molecule has 2 aliphatic rings. The fourth-order valence-electron chi connectivity index (χ4n) is 4.20. The summed E-state index contributed by atoms with van der Waals surface area (Å²) in [5.74, 6) is 2.54. The predicted molar refractivity (Wildman–Crippen MR) is 128 cm³/mol. The van der Waals surface area contributed by atoms with Crippen molar-refractivity contribution < 1.29 is 4.74 Å². The molecule has 2 aromatic rings. The highest BCUT2D eigenvalue weighted by molar-refractivity contribution is 14.0. The molecule has 6 heteroatoms. The fourth-order valence-corrected chi connectivity index (χ4v) is 4.20. The van der Waals surface area contributed by atoms with Crippen LogP contribution in [0, 0.1) is 5.92 Å². The lowest BCUT2D eigenvalue weighted by Crippen LogP contribution is -2.42. The molecule has 1 fully saturated rings. The smallest absolute Gasteiger partial charge is 0.198 e. The summed E-state index contributed by atoms with van der Waals surface area (Å²) in [7, 11) is 3.62. The highest BCUT2D eigenvalue weighted by Crippen LogP contribution is 2.32. The van der Waals surface area contributed by atoms with Crippen molar-refractivity contribution >= 4 is 41.3 Å². The number of hydrogen-bond donors (Lipinski definition) is 1. The van der Waals surface area contributed by atoms with Crippen LogP contribution in [0.25, 0.3) is 0 Å². The molecule has 0 spiro atoms. The molecule has 1 unspecified atom stereocenters. The zero-order chi connectivity index (χ0) is 18.6. The molecule has 2 aromatic carbocycles. The molecule has 28 heavy (non-hydrogen) atoms. The van der Waals surface area contributed by atoms with Crippen molar-refractivity contribution in [3.05, 3.63) is 54.1 Å². The van der Waals surface area contributed by atoms with Gasteiger partial charge in [0.2, 0.25) is 0 Å². The summed E-state index contributed by atoms with van der Waals surface area (Å²) in [5, 5.41) is 3.61. The number of rotatable bonds is 4. The summed E-state index contributed by atoms with van der Waals surface area (Å²) >= 11 is 0. The number of nitrogens with one attached hydrogen (secondary N) is 1. The van der Waals surface area contributed by atoms with Crippen LogP contribution in [0.1, 0.15) is 12.0 Å². The number of halogens is 1. The third-order valence-corrected chi connectivity index (χ3v) is 5.62. The van der Waals surface area contributed by atoms with E-state index in [4.69, 9.17) is 4.74 Å². The lowest BCUT2D eigenvalue weighted by Gasteiger charge is -2.24. The van der Waals surface area contributed by atoms with Crippen LogP contribution in [0.3, 0.4) is 0 Å². The first-order chi connectivity index (χ1) is 13.3. The minimum atomic E-state index is 0. The van der Waals surface area contributed by atoms with Crippen LogP contribution in [-0.4, -0.2) is 46.3 Å². The second kappa shape index (κ2) is 9.49. The van der Waals surface area contributed by atoms with Crippen molar-refractivity contribution in [3.8, 4) is 5.75 Å². The largest absolute Gasteiger partial charge is 0.495 e. The number of benzene rings is 2. The van der Waals surface area contributed by atoms with Crippen LogP contribution in [0.5, 0.6) is 5.75 Å². The van der Waals surface area contributed by atoms with Crippen LogP contribution < -0.4 is 19.9 Å². The molecule has 2 aliphatic heterocycles. The minimum absolute atomic E-state index is 0. The predicted octanol–water partition coefficient (Wildman–Crippen LogP) is 3.78. The molecule has 0 saturated carbocycles. The van der Waals surface area contributed by atoms with E-state index < -0.39 is 0 Å². The topological polar surface area (TPSA) is 40.1 Å². The summed E-state index contributed by atoms with van der Waals surface area (Å²) in [5.41, 5.74) is 3.89. The van der Waals surface area contributed by atoms with Gasteiger partial charge in [-0.3, -0.25) is 4.99 Å². The Hall–Kier alpha value is -1.96. The molecule has 5 nitrogen and oxygen atoms in total. The highest BCUT2D eigenvalue weighted by Gasteiger charge is 2.26. The number of anilines is 2. The molecule has 0 bridgehead atoms. The van der Waals surface area contributed by atoms with Gasteiger partial charge in [0, 0.05) is 38.9 Å².